The fourth-order valence-electron chi connectivity index (χ4n) is 2.32. The highest BCUT2D eigenvalue weighted by Crippen LogP contribution is 2.40. The Morgan fingerprint density at radius 3 is 2.71 bits per heavy atom. The molecule has 0 unspecified atom stereocenters. The van der Waals surface area contributed by atoms with Gasteiger partial charge in [0.15, 0.2) is 0 Å². The highest BCUT2D eigenvalue weighted by atomic mass is 32.1. The van der Waals surface area contributed by atoms with Gasteiger partial charge < -0.3 is 10.4 Å². The molecule has 0 atom stereocenters. The zero-order valence-electron chi connectivity index (χ0n) is 11.4. The highest BCUT2D eigenvalue weighted by Gasteiger charge is 2.16. The molecule has 108 valence electrons. The minimum Gasteiger partial charge on any atom is -0.395 e. The van der Waals surface area contributed by atoms with E-state index in [1.165, 1.54) is 18.5 Å². The van der Waals surface area contributed by atoms with Gasteiger partial charge in [-0.15, -0.1) is 11.3 Å². The van der Waals surface area contributed by atoms with Gasteiger partial charge in [-0.25, -0.2) is 14.4 Å². The smallest absolute Gasteiger partial charge is 0.138 e. The third-order valence-electron chi connectivity index (χ3n) is 3.20. The molecule has 0 spiro atoms. The van der Waals surface area contributed by atoms with E-state index in [0.717, 1.165) is 26.2 Å². The Labute approximate surface area is 125 Å². The van der Waals surface area contributed by atoms with Crippen LogP contribution in [-0.2, 0) is 0 Å². The first-order valence-corrected chi connectivity index (χ1v) is 7.37. The Morgan fingerprint density at radius 1 is 1.24 bits per heavy atom. The molecule has 0 aliphatic heterocycles. The monoisotopic (exact) mass is 303 g/mol. The molecule has 0 saturated heterocycles. The van der Waals surface area contributed by atoms with Crippen LogP contribution in [0.5, 0.6) is 0 Å². The number of hydrogen-bond acceptors (Lipinski definition) is 5. The number of aryl methyl sites for hydroxylation is 1. The van der Waals surface area contributed by atoms with Crippen LogP contribution in [0.4, 0.5) is 10.2 Å². The molecule has 21 heavy (non-hydrogen) atoms. The van der Waals surface area contributed by atoms with Gasteiger partial charge >= 0.3 is 0 Å². The van der Waals surface area contributed by atoms with Crippen molar-refractivity contribution in [2.75, 3.05) is 18.5 Å². The molecule has 6 heteroatoms. The number of nitrogens with one attached hydrogen (secondary N) is 1. The van der Waals surface area contributed by atoms with Crippen molar-refractivity contribution in [2.24, 2.45) is 0 Å². The van der Waals surface area contributed by atoms with Gasteiger partial charge in [-0.2, -0.15) is 0 Å². The first kappa shape index (κ1) is 13.9. The third-order valence-corrected chi connectivity index (χ3v) is 4.21. The molecular formula is C15H14FN3OS. The Kier molecular flexibility index (Phi) is 3.81. The van der Waals surface area contributed by atoms with Crippen molar-refractivity contribution in [3.63, 3.8) is 0 Å². The number of aliphatic hydroxyl groups is 1. The molecule has 0 saturated carbocycles. The van der Waals surface area contributed by atoms with E-state index in [-0.39, 0.29) is 12.4 Å². The number of aliphatic hydroxyl groups excluding tert-OH is 1. The SMILES string of the molecule is Cc1sc2ncnc(NCCO)c2c1-c1ccc(F)cc1. The molecule has 2 N–H and O–H groups in total. The lowest BCUT2D eigenvalue weighted by atomic mass is 10.0. The van der Waals surface area contributed by atoms with E-state index in [1.807, 2.05) is 6.92 Å². The van der Waals surface area contributed by atoms with E-state index < -0.39 is 0 Å². The number of rotatable bonds is 4. The second-order valence-electron chi connectivity index (χ2n) is 4.59. The maximum atomic E-state index is 13.1. The van der Waals surface area contributed by atoms with Crippen LogP contribution in [-0.4, -0.2) is 28.2 Å². The van der Waals surface area contributed by atoms with E-state index in [0.29, 0.717) is 12.4 Å². The molecule has 4 nitrogen and oxygen atoms in total. The first-order valence-electron chi connectivity index (χ1n) is 6.55. The van der Waals surface area contributed by atoms with Gasteiger partial charge in [0.05, 0.1) is 12.0 Å². The summed E-state index contributed by atoms with van der Waals surface area (Å²) in [5, 5.41) is 13.0. The van der Waals surface area contributed by atoms with Crippen LogP contribution in [0.3, 0.4) is 0 Å². The number of fused-ring (bicyclic) bond motifs is 1. The van der Waals surface area contributed by atoms with Gasteiger partial charge in [0, 0.05) is 17.0 Å². The third kappa shape index (κ3) is 2.59. The van der Waals surface area contributed by atoms with Crippen LogP contribution in [0.25, 0.3) is 21.3 Å². The molecule has 3 aromatic rings. The van der Waals surface area contributed by atoms with Crippen molar-refractivity contribution < 1.29 is 9.50 Å². The number of benzene rings is 1. The van der Waals surface area contributed by atoms with E-state index in [2.05, 4.69) is 15.3 Å². The van der Waals surface area contributed by atoms with Crippen molar-refractivity contribution in [1.29, 1.82) is 0 Å². The largest absolute Gasteiger partial charge is 0.395 e. The second kappa shape index (κ2) is 5.75. The van der Waals surface area contributed by atoms with Crippen LogP contribution in [0.15, 0.2) is 30.6 Å². The quantitative estimate of drug-likeness (QED) is 0.777. The molecule has 0 fully saturated rings. The Balaban J connectivity index is 2.21. The van der Waals surface area contributed by atoms with Gasteiger partial charge in [0.25, 0.3) is 0 Å². The summed E-state index contributed by atoms with van der Waals surface area (Å²) >= 11 is 1.58. The average molecular weight is 303 g/mol. The fraction of sp³-hybridized carbons (Fsp3) is 0.200. The standard InChI is InChI=1S/C15H14FN3OS/c1-9-12(10-2-4-11(16)5-3-10)13-14(17-6-7-20)18-8-19-15(13)21-9/h2-5,8,20H,6-7H2,1H3,(H,17,18,19). The zero-order valence-corrected chi connectivity index (χ0v) is 12.2. The first-order chi connectivity index (χ1) is 10.2. The summed E-state index contributed by atoms with van der Waals surface area (Å²) in [6.45, 7) is 2.46. The number of nitrogens with zero attached hydrogens (tertiary/aromatic N) is 2. The predicted molar refractivity (Wildman–Crippen MR) is 83.1 cm³/mol. The van der Waals surface area contributed by atoms with Crippen molar-refractivity contribution in [2.45, 2.75) is 6.92 Å². The summed E-state index contributed by atoms with van der Waals surface area (Å²) in [7, 11) is 0. The molecular weight excluding hydrogens is 289 g/mol. The molecule has 0 bridgehead atoms. The molecule has 2 heterocycles. The molecule has 3 rings (SSSR count). The Hall–Kier alpha value is -2.05. The van der Waals surface area contributed by atoms with E-state index in [4.69, 9.17) is 5.11 Å². The highest BCUT2D eigenvalue weighted by molar-refractivity contribution is 7.19. The second-order valence-corrected chi connectivity index (χ2v) is 5.80. The normalized spacial score (nSPS) is 11.0. The number of hydrogen-bond donors (Lipinski definition) is 2. The molecule has 0 radical (unpaired) electrons. The van der Waals surface area contributed by atoms with Crippen molar-refractivity contribution in [3.05, 3.63) is 41.3 Å². The molecule has 2 aromatic heterocycles. The van der Waals surface area contributed by atoms with Gasteiger partial charge in [0.1, 0.15) is 22.8 Å². The predicted octanol–water partition coefficient (Wildman–Crippen LogP) is 3.21. The van der Waals surface area contributed by atoms with Gasteiger partial charge in [0.2, 0.25) is 0 Å². The lowest BCUT2D eigenvalue weighted by molar-refractivity contribution is 0.311. The minimum atomic E-state index is -0.259. The zero-order chi connectivity index (χ0) is 14.8. The summed E-state index contributed by atoms with van der Waals surface area (Å²) in [6.07, 6.45) is 1.51. The number of thiophene rings is 1. The van der Waals surface area contributed by atoms with Crippen LogP contribution in [0.2, 0.25) is 0 Å². The van der Waals surface area contributed by atoms with E-state index in [1.54, 1.807) is 23.5 Å². The number of aromatic nitrogens is 2. The topological polar surface area (TPSA) is 58.0 Å². The van der Waals surface area contributed by atoms with Crippen molar-refractivity contribution >= 4 is 27.4 Å². The summed E-state index contributed by atoms with van der Waals surface area (Å²) in [5.41, 5.74) is 1.94. The Bertz CT molecular complexity index is 770. The maximum Gasteiger partial charge on any atom is 0.138 e. The van der Waals surface area contributed by atoms with Gasteiger partial charge in [-0.3, -0.25) is 0 Å². The van der Waals surface area contributed by atoms with Crippen molar-refractivity contribution in [3.8, 4) is 11.1 Å². The lowest BCUT2D eigenvalue weighted by Crippen LogP contribution is -2.07. The van der Waals surface area contributed by atoms with E-state index >= 15 is 0 Å². The number of halogens is 1. The number of anilines is 1. The summed E-state index contributed by atoms with van der Waals surface area (Å²) in [4.78, 5) is 10.5. The molecule has 1 aromatic carbocycles. The molecule has 0 amide bonds. The molecule has 0 aliphatic carbocycles. The Morgan fingerprint density at radius 2 is 2.00 bits per heavy atom. The summed E-state index contributed by atoms with van der Waals surface area (Å²) in [6, 6.07) is 6.41. The summed E-state index contributed by atoms with van der Waals surface area (Å²) in [5.74, 6) is 0.434. The summed E-state index contributed by atoms with van der Waals surface area (Å²) < 4.78 is 13.1. The molecule has 0 aliphatic rings. The van der Waals surface area contributed by atoms with Crippen LogP contribution in [0.1, 0.15) is 4.88 Å². The fourth-order valence-corrected chi connectivity index (χ4v) is 3.33. The van der Waals surface area contributed by atoms with Crippen LogP contribution < -0.4 is 5.32 Å². The minimum absolute atomic E-state index is 0.0283. The lowest BCUT2D eigenvalue weighted by Gasteiger charge is -2.07. The maximum absolute atomic E-state index is 13.1. The van der Waals surface area contributed by atoms with E-state index in [9.17, 15) is 4.39 Å². The average Bonchev–Trinajstić information content (AvgIpc) is 2.82. The van der Waals surface area contributed by atoms with Crippen LogP contribution >= 0.6 is 11.3 Å². The van der Waals surface area contributed by atoms with Gasteiger partial charge in [-0.05, 0) is 24.6 Å². The van der Waals surface area contributed by atoms with Gasteiger partial charge in [-0.1, -0.05) is 12.1 Å². The van der Waals surface area contributed by atoms with Crippen LogP contribution in [0, 0.1) is 12.7 Å². The van der Waals surface area contributed by atoms with Crippen molar-refractivity contribution in [1.82, 2.24) is 9.97 Å².